The SMILES string of the molecule is CN(c1ccc2ncccc2c1N)C1CCCCCC1. The molecule has 0 saturated heterocycles. The summed E-state index contributed by atoms with van der Waals surface area (Å²) in [5, 5.41) is 1.06. The minimum Gasteiger partial charge on any atom is -0.396 e. The third-order valence-electron chi connectivity index (χ3n) is 4.56. The van der Waals surface area contributed by atoms with Crippen LogP contribution in [0.4, 0.5) is 11.4 Å². The highest BCUT2D eigenvalue weighted by atomic mass is 15.1. The van der Waals surface area contributed by atoms with E-state index in [0.717, 1.165) is 22.3 Å². The summed E-state index contributed by atoms with van der Waals surface area (Å²) in [5.74, 6) is 0. The Labute approximate surface area is 120 Å². The van der Waals surface area contributed by atoms with Crippen LogP contribution in [-0.4, -0.2) is 18.1 Å². The molecule has 0 atom stereocenters. The quantitative estimate of drug-likeness (QED) is 0.662. The zero-order chi connectivity index (χ0) is 13.9. The number of benzene rings is 1. The fraction of sp³-hybridized carbons (Fsp3) is 0.471. The lowest BCUT2D eigenvalue weighted by Gasteiger charge is -2.30. The molecular weight excluding hydrogens is 246 g/mol. The normalized spacial score (nSPS) is 17.1. The van der Waals surface area contributed by atoms with Gasteiger partial charge in [-0.05, 0) is 37.1 Å². The average molecular weight is 269 g/mol. The van der Waals surface area contributed by atoms with Gasteiger partial charge in [0.15, 0.2) is 0 Å². The first kappa shape index (κ1) is 13.2. The number of anilines is 2. The van der Waals surface area contributed by atoms with Gasteiger partial charge in [0.2, 0.25) is 0 Å². The third kappa shape index (κ3) is 2.45. The molecule has 1 aromatic carbocycles. The van der Waals surface area contributed by atoms with Crippen molar-refractivity contribution in [1.82, 2.24) is 4.98 Å². The number of pyridine rings is 1. The van der Waals surface area contributed by atoms with Crippen LogP contribution < -0.4 is 10.6 Å². The maximum Gasteiger partial charge on any atom is 0.0724 e. The summed E-state index contributed by atoms with van der Waals surface area (Å²) in [6.45, 7) is 0. The molecule has 0 spiro atoms. The largest absolute Gasteiger partial charge is 0.396 e. The fourth-order valence-corrected chi connectivity index (χ4v) is 3.31. The van der Waals surface area contributed by atoms with E-state index in [0.29, 0.717) is 6.04 Å². The Morgan fingerprint density at radius 1 is 1.10 bits per heavy atom. The van der Waals surface area contributed by atoms with Gasteiger partial charge in [-0.3, -0.25) is 4.98 Å². The second-order valence-corrected chi connectivity index (χ2v) is 5.82. The molecule has 2 aromatic rings. The van der Waals surface area contributed by atoms with Crippen LogP contribution in [-0.2, 0) is 0 Å². The summed E-state index contributed by atoms with van der Waals surface area (Å²) in [5.41, 5.74) is 9.37. The maximum absolute atomic E-state index is 6.38. The highest BCUT2D eigenvalue weighted by Gasteiger charge is 2.19. The van der Waals surface area contributed by atoms with Crippen molar-refractivity contribution in [2.24, 2.45) is 0 Å². The van der Waals surface area contributed by atoms with Crippen LogP contribution in [0.1, 0.15) is 38.5 Å². The van der Waals surface area contributed by atoms with Crippen molar-refractivity contribution in [3.63, 3.8) is 0 Å². The lowest BCUT2D eigenvalue weighted by atomic mass is 10.1. The molecule has 3 nitrogen and oxygen atoms in total. The smallest absolute Gasteiger partial charge is 0.0724 e. The Bertz CT molecular complexity index is 586. The highest BCUT2D eigenvalue weighted by molar-refractivity contribution is 5.97. The number of rotatable bonds is 2. The van der Waals surface area contributed by atoms with Gasteiger partial charge in [-0.25, -0.2) is 0 Å². The fourth-order valence-electron chi connectivity index (χ4n) is 3.31. The van der Waals surface area contributed by atoms with E-state index in [1.807, 2.05) is 12.3 Å². The lowest BCUT2D eigenvalue weighted by molar-refractivity contribution is 0.553. The van der Waals surface area contributed by atoms with Crippen molar-refractivity contribution >= 4 is 22.3 Å². The van der Waals surface area contributed by atoms with E-state index in [2.05, 4.69) is 35.1 Å². The molecule has 0 bridgehead atoms. The third-order valence-corrected chi connectivity index (χ3v) is 4.56. The topological polar surface area (TPSA) is 42.2 Å². The molecule has 1 aliphatic rings. The van der Waals surface area contributed by atoms with Crippen LogP contribution in [0.2, 0.25) is 0 Å². The van der Waals surface area contributed by atoms with Crippen molar-refractivity contribution < 1.29 is 0 Å². The zero-order valence-electron chi connectivity index (χ0n) is 12.2. The summed E-state index contributed by atoms with van der Waals surface area (Å²) in [4.78, 5) is 6.75. The Morgan fingerprint density at radius 3 is 2.60 bits per heavy atom. The molecule has 0 aliphatic heterocycles. The summed E-state index contributed by atoms with van der Waals surface area (Å²) in [7, 11) is 2.18. The Kier molecular flexibility index (Phi) is 3.77. The van der Waals surface area contributed by atoms with Crippen molar-refractivity contribution in [2.45, 2.75) is 44.6 Å². The van der Waals surface area contributed by atoms with Gasteiger partial charge in [-0.2, -0.15) is 0 Å². The maximum atomic E-state index is 6.38. The number of nitrogens with zero attached hydrogens (tertiary/aromatic N) is 2. The number of hydrogen-bond donors (Lipinski definition) is 1. The molecule has 106 valence electrons. The van der Waals surface area contributed by atoms with Gasteiger partial charge in [-0.15, -0.1) is 0 Å². The van der Waals surface area contributed by atoms with Gasteiger partial charge >= 0.3 is 0 Å². The molecule has 0 radical (unpaired) electrons. The summed E-state index contributed by atoms with van der Waals surface area (Å²) in [6, 6.07) is 8.83. The summed E-state index contributed by atoms with van der Waals surface area (Å²) >= 11 is 0. The minimum atomic E-state index is 0.619. The lowest BCUT2D eigenvalue weighted by Crippen LogP contribution is -2.31. The van der Waals surface area contributed by atoms with Gasteiger partial charge in [0.25, 0.3) is 0 Å². The number of fused-ring (bicyclic) bond motifs is 1. The van der Waals surface area contributed by atoms with Crippen LogP contribution in [0.5, 0.6) is 0 Å². The van der Waals surface area contributed by atoms with E-state index in [1.165, 1.54) is 38.5 Å². The molecule has 1 heterocycles. The van der Waals surface area contributed by atoms with E-state index in [4.69, 9.17) is 5.73 Å². The van der Waals surface area contributed by atoms with Crippen LogP contribution in [0.15, 0.2) is 30.5 Å². The Hall–Kier alpha value is -1.77. The molecule has 1 saturated carbocycles. The molecule has 1 aliphatic carbocycles. The van der Waals surface area contributed by atoms with Gasteiger partial charge in [0.1, 0.15) is 0 Å². The molecule has 0 amide bonds. The Balaban J connectivity index is 1.94. The van der Waals surface area contributed by atoms with E-state index >= 15 is 0 Å². The van der Waals surface area contributed by atoms with E-state index in [9.17, 15) is 0 Å². The standard InChI is InChI=1S/C17H23N3/c1-20(13-7-4-2-3-5-8-13)16-11-10-15-14(17(16)18)9-6-12-19-15/h6,9-13H,2-5,7-8,18H2,1H3. The van der Waals surface area contributed by atoms with Gasteiger partial charge in [0.05, 0.1) is 16.9 Å². The predicted molar refractivity (Wildman–Crippen MR) is 86.0 cm³/mol. The number of nitrogens with two attached hydrogens (primary N) is 1. The average Bonchev–Trinajstić information content (AvgIpc) is 2.76. The Morgan fingerprint density at radius 2 is 1.85 bits per heavy atom. The summed E-state index contributed by atoms with van der Waals surface area (Å²) in [6.07, 6.45) is 9.80. The number of hydrogen-bond acceptors (Lipinski definition) is 3. The van der Waals surface area contributed by atoms with Crippen molar-refractivity contribution in [1.29, 1.82) is 0 Å². The van der Waals surface area contributed by atoms with Crippen LogP contribution in [0, 0.1) is 0 Å². The minimum absolute atomic E-state index is 0.619. The number of nitrogen functional groups attached to an aromatic ring is 1. The van der Waals surface area contributed by atoms with E-state index in [-0.39, 0.29) is 0 Å². The first-order valence-electron chi connectivity index (χ1n) is 7.63. The second kappa shape index (κ2) is 5.70. The summed E-state index contributed by atoms with van der Waals surface area (Å²) < 4.78 is 0. The number of aromatic nitrogens is 1. The first-order valence-corrected chi connectivity index (χ1v) is 7.63. The highest BCUT2D eigenvalue weighted by Crippen LogP contribution is 2.33. The van der Waals surface area contributed by atoms with Crippen molar-refractivity contribution in [3.8, 4) is 0 Å². The molecule has 1 fully saturated rings. The molecule has 0 unspecified atom stereocenters. The molecule has 3 heteroatoms. The van der Waals surface area contributed by atoms with E-state index in [1.54, 1.807) is 0 Å². The first-order chi connectivity index (χ1) is 9.77. The predicted octanol–water partition coefficient (Wildman–Crippen LogP) is 3.98. The molecule has 3 rings (SSSR count). The van der Waals surface area contributed by atoms with Gasteiger partial charge < -0.3 is 10.6 Å². The van der Waals surface area contributed by atoms with E-state index < -0.39 is 0 Å². The molecule has 2 N–H and O–H groups in total. The van der Waals surface area contributed by atoms with Crippen molar-refractivity contribution in [2.75, 3.05) is 17.7 Å². The van der Waals surface area contributed by atoms with Crippen LogP contribution >= 0.6 is 0 Å². The van der Waals surface area contributed by atoms with Gasteiger partial charge in [-0.1, -0.05) is 25.7 Å². The van der Waals surface area contributed by atoms with Crippen molar-refractivity contribution in [3.05, 3.63) is 30.5 Å². The molecule has 1 aromatic heterocycles. The molecular formula is C17H23N3. The second-order valence-electron chi connectivity index (χ2n) is 5.82. The van der Waals surface area contributed by atoms with Gasteiger partial charge in [0, 0.05) is 24.7 Å². The van der Waals surface area contributed by atoms with Crippen LogP contribution in [0.25, 0.3) is 10.9 Å². The molecule has 20 heavy (non-hydrogen) atoms. The monoisotopic (exact) mass is 269 g/mol. The zero-order valence-corrected chi connectivity index (χ0v) is 12.2. The van der Waals surface area contributed by atoms with Crippen LogP contribution in [0.3, 0.4) is 0 Å².